The Labute approximate surface area is 129 Å². The van der Waals surface area contributed by atoms with Crippen LogP contribution in [0.4, 0.5) is 0 Å². The highest BCUT2D eigenvalue weighted by Gasteiger charge is 2.22. The molecule has 1 nitrogen and oxygen atoms in total. The van der Waals surface area contributed by atoms with Gasteiger partial charge in [-0.1, -0.05) is 23.7 Å². The standard InChI is InChI=1S/C15H14ClNS.ClH/c16-12-6-2-7-13(10-12)18-14-8-1-4-11-5-3-9-17-15(11)14;/h2-3,5-7,9-10,14H,1,4,8H2;1H. The summed E-state index contributed by atoms with van der Waals surface area (Å²) >= 11 is 7.91. The molecule has 1 heterocycles. The Morgan fingerprint density at radius 2 is 2.11 bits per heavy atom. The van der Waals surface area contributed by atoms with Crippen molar-refractivity contribution >= 4 is 35.8 Å². The van der Waals surface area contributed by atoms with E-state index in [9.17, 15) is 0 Å². The van der Waals surface area contributed by atoms with Crippen molar-refractivity contribution in [3.05, 3.63) is 58.9 Å². The fraction of sp³-hybridized carbons (Fsp3) is 0.267. The van der Waals surface area contributed by atoms with Gasteiger partial charge in [-0.15, -0.1) is 24.2 Å². The maximum atomic E-state index is 6.03. The van der Waals surface area contributed by atoms with Crippen LogP contribution in [-0.4, -0.2) is 4.98 Å². The second-order valence-electron chi connectivity index (χ2n) is 4.50. The Morgan fingerprint density at radius 1 is 1.21 bits per heavy atom. The molecule has 19 heavy (non-hydrogen) atoms. The minimum absolute atomic E-state index is 0. The van der Waals surface area contributed by atoms with Gasteiger partial charge in [-0.05, 0) is 49.1 Å². The number of aromatic nitrogens is 1. The predicted molar refractivity (Wildman–Crippen MR) is 84.5 cm³/mol. The summed E-state index contributed by atoms with van der Waals surface area (Å²) in [4.78, 5) is 5.79. The molecule has 0 aliphatic heterocycles. The van der Waals surface area contributed by atoms with E-state index in [1.165, 1.54) is 29.0 Å². The first-order valence-electron chi connectivity index (χ1n) is 6.19. The van der Waals surface area contributed by atoms with Crippen molar-refractivity contribution in [3.63, 3.8) is 0 Å². The maximum absolute atomic E-state index is 6.03. The van der Waals surface area contributed by atoms with E-state index in [0.29, 0.717) is 5.25 Å². The molecule has 0 fully saturated rings. The van der Waals surface area contributed by atoms with Crippen molar-refractivity contribution < 1.29 is 0 Å². The molecule has 0 radical (unpaired) electrons. The molecule has 0 spiro atoms. The van der Waals surface area contributed by atoms with E-state index < -0.39 is 0 Å². The third-order valence-electron chi connectivity index (χ3n) is 3.22. The first-order chi connectivity index (χ1) is 8.83. The number of pyridine rings is 1. The topological polar surface area (TPSA) is 12.9 Å². The number of thioether (sulfide) groups is 1. The van der Waals surface area contributed by atoms with E-state index >= 15 is 0 Å². The van der Waals surface area contributed by atoms with Crippen LogP contribution >= 0.6 is 35.8 Å². The Bertz CT molecular complexity index is 559. The summed E-state index contributed by atoms with van der Waals surface area (Å²) in [5.41, 5.74) is 2.66. The van der Waals surface area contributed by atoms with Gasteiger partial charge in [0, 0.05) is 16.1 Å². The zero-order valence-electron chi connectivity index (χ0n) is 10.4. The number of aryl methyl sites for hydroxylation is 1. The summed E-state index contributed by atoms with van der Waals surface area (Å²) in [7, 11) is 0. The number of nitrogens with zero attached hydrogens (tertiary/aromatic N) is 1. The highest BCUT2D eigenvalue weighted by molar-refractivity contribution is 7.99. The third kappa shape index (κ3) is 3.44. The normalized spacial score (nSPS) is 17.4. The number of hydrogen-bond acceptors (Lipinski definition) is 2. The molecule has 2 aromatic rings. The van der Waals surface area contributed by atoms with Crippen molar-refractivity contribution in [1.29, 1.82) is 0 Å². The van der Waals surface area contributed by atoms with Gasteiger partial charge in [0.2, 0.25) is 0 Å². The lowest BCUT2D eigenvalue weighted by atomic mass is 9.96. The molecule has 1 unspecified atom stereocenters. The molecule has 1 aliphatic rings. The molecule has 100 valence electrons. The molecule has 0 N–H and O–H groups in total. The van der Waals surface area contributed by atoms with Crippen LogP contribution in [0.25, 0.3) is 0 Å². The maximum Gasteiger partial charge on any atom is 0.0569 e. The van der Waals surface area contributed by atoms with Crippen LogP contribution in [0, 0.1) is 0 Å². The molecule has 3 rings (SSSR count). The molecule has 1 atom stereocenters. The summed E-state index contributed by atoms with van der Waals surface area (Å²) < 4.78 is 0. The van der Waals surface area contributed by atoms with Crippen molar-refractivity contribution in [2.45, 2.75) is 29.4 Å². The van der Waals surface area contributed by atoms with Crippen LogP contribution in [0.3, 0.4) is 0 Å². The second kappa shape index (κ2) is 6.65. The highest BCUT2D eigenvalue weighted by atomic mass is 35.5. The summed E-state index contributed by atoms with van der Waals surface area (Å²) in [5, 5.41) is 1.27. The molecule has 0 amide bonds. The third-order valence-corrected chi connectivity index (χ3v) is 4.72. The summed E-state index contributed by atoms with van der Waals surface area (Å²) in [6, 6.07) is 12.3. The first-order valence-corrected chi connectivity index (χ1v) is 7.45. The van der Waals surface area contributed by atoms with Gasteiger partial charge in [-0.25, -0.2) is 0 Å². The van der Waals surface area contributed by atoms with Gasteiger partial charge in [0.15, 0.2) is 0 Å². The molecule has 1 aliphatic carbocycles. The summed E-state index contributed by atoms with van der Waals surface area (Å²) in [6.07, 6.45) is 5.50. The quantitative estimate of drug-likeness (QED) is 0.743. The van der Waals surface area contributed by atoms with Crippen molar-refractivity contribution in [3.8, 4) is 0 Å². The van der Waals surface area contributed by atoms with E-state index in [0.717, 1.165) is 11.4 Å². The average molecular weight is 312 g/mol. The van der Waals surface area contributed by atoms with Crippen LogP contribution < -0.4 is 0 Å². The summed E-state index contributed by atoms with van der Waals surface area (Å²) in [5.74, 6) is 0. The molecule has 0 bridgehead atoms. The Kier molecular flexibility index (Phi) is 5.14. The molecule has 1 aromatic carbocycles. The lowest BCUT2D eigenvalue weighted by molar-refractivity contribution is 0.656. The van der Waals surface area contributed by atoms with Gasteiger partial charge in [0.05, 0.1) is 10.9 Å². The summed E-state index contributed by atoms with van der Waals surface area (Å²) in [6.45, 7) is 0. The van der Waals surface area contributed by atoms with Gasteiger partial charge in [0.25, 0.3) is 0 Å². The number of rotatable bonds is 2. The molecular formula is C15H15Cl2NS. The Balaban J connectivity index is 0.00000133. The van der Waals surface area contributed by atoms with Gasteiger partial charge in [0.1, 0.15) is 0 Å². The number of benzene rings is 1. The van der Waals surface area contributed by atoms with Crippen LogP contribution in [-0.2, 0) is 6.42 Å². The zero-order chi connectivity index (χ0) is 12.4. The first kappa shape index (κ1) is 14.7. The minimum atomic E-state index is 0. The molecule has 1 aromatic heterocycles. The van der Waals surface area contributed by atoms with Crippen LogP contribution in [0.1, 0.15) is 29.3 Å². The Morgan fingerprint density at radius 3 is 2.95 bits per heavy atom. The van der Waals surface area contributed by atoms with Gasteiger partial charge >= 0.3 is 0 Å². The number of hydrogen-bond donors (Lipinski definition) is 0. The predicted octanol–water partition coefficient (Wildman–Crippen LogP) is 5.33. The van der Waals surface area contributed by atoms with Gasteiger partial charge in [-0.3, -0.25) is 4.98 Å². The largest absolute Gasteiger partial charge is 0.260 e. The Hall–Kier alpha value is -0.700. The second-order valence-corrected chi connectivity index (χ2v) is 6.22. The molecular weight excluding hydrogens is 297 g/mol. The van der Waals surface area contributed by atoms with E-state index in [4.69, 9.17) is 11.6 Å². The highest BCUT2D eigenvalue weighted by Crippen LogP contribution is 2.42. The average Bonchev–Trinajstić information content (AvgIpc) is 2.39. The van der Waals surface area contributed by atoms with Gasteiger partial charge in [-0.2, -0.15) is 0 Å². The smallest absolute Gasteiger partial charge is 0.0569 e. The SMILES string of the molecule is Cl.Clc1cccc(SC2CCCc3cccnc32)c1. The fourth-order valence-electron chi connectivity index (χ4n) is 2.39. The van der Waals surface area contributed by atoms with Crippen molar-refractivity contribution in [2.24, 2.45) is 0 Å². The number of fused-ring (bicyclic) bond motifs is 1. The fourth-order valence-corrected chi connectivity index (χ4v) is 3.93. The molecule has 0 saturated carbocycles. The van der Waals surface area contributed by atoms with Crippen molar-refractivity contribution in [1.82, 2.24) is 4.98 Å². The molecule has 0 saturated heterocycles. The van der Waals surface area contributed by atoms with E-state index in [1.807, 2.05) is 42.2 Å². The molecule has 4 heteroatoms. The van der Waals surface area contributed by atoms with E-state index in [-0.39, 0.29) is 12.4 Å². The van der Waals surface area contributed by atoms with E-state index in [1.54, 1.807) is 0 Å². The van der Waals surface area contributed by atoms with Crippen LogP contribution in [0.15, 0.2) is 47.5 Å². The monoisotopic (exact) mass is 311 g/mol. The van der Waals surface area contributed by atoms with Gasteiger partial charge < -0.3 is 0 Å². The van der Waals surface area contributed by atoms with Crippen LogP contribution in [0.5, 0.6) is 0 Å². The zero-order valence-corrected chi connectivity index (χ0v) is 12.8. The van der Waals surface area contributed by atoms with Crippen molar-refractivity contribution in [2.75, 3.05) is 0 Å². The van der Waals surface area contributed by atoms with E-state index in [2.05, 4.69) is 17.1 Å². The minimum Gasteiger partial charge on any atom is -0.260 e. The lowest BCUT2D eigenvalue weighted by Gasteiger charge is -2.23. The van der Waals surface area contributed by atoms with Crippen LogP contribution in [0.2, 0.25) is 5.02 Å². The lowest BCUT2D eigenvalue weighted by Crippen LogP contribution is -2.08. The number of halogens is 2.